The third kappa shape index (κ3) is 2.74. The molecule has 0 saturated heterocycles. The number of thioether (sulfide) groups is 1. The lowest BCUT2D eigenvalue weighted by Crippen LogP contribution is -1.98. The van der Waals surface area contributed by atoms with Gasteiger partial charge in [0.15, 0.2) is 0 Å². The van der Waals surface area contributed by atoms with Crippen molar-refractivity contribution in [2.24, 2.45) is 4.99 Å². The fourth-order valence-corrected chi connectivity index (χ4v) is 1.99. The molecule has 2 heterocycles. The zero-order chi connectivity index (χ0) is 10.7. The molecule has 1 N–H and O–H groups in total. The molecule has 1 aromatic heterocycles. The van der Waals surface area contributed by atoms with Gasteiger partial charge in [-0.15, -0.1) is 11.8 Å². The van der Waals surface area contributed by atoms with Gasteiger partial charge in [0.2, 0.25) is 0 Å². The Kier molecular flexibility index (Phi) is 2.93. The molecule has 0 radical (unpaired) electrons. The van der Waals surface area contributed by atoms with E-state index in [4.69, 9.17) is 0 Å². The number of hydrogen-bond donors (Lipinski definition) is 1. The summed E-state index contributed by atoms with van der Waals surface area (Å²) < 4.78 is 0. The molecule has 0 aromatic carbocycles. The number of pyridine rings is 1. The Bertz CT molecular complexity index is 459. The molecule has 2 rings (SSSR count). The van der Waals surface area contributed by atoms with E-state index in [0.717, 1.165) is 16.4 Å². The van der Waals surface area contributed by atoms with Crippen molar-refractivity contribution in [1.29, 1.82) is 0 Å². The molecule has 0 fully saturated rings. The van der Waals surface area contributed by atoms with Gasteiger partial charge in [0, 0.05) is 17.5 Å². The minimum absolute atomic E-state index is 0.0809. The predicted molar refractivity (Wildman–Crippen MR) is 62.1 cm³/mol. The molecular weight excluding hydrogens is 208 g/mol. The molecular formula is C11H10N2OS. The van der Waals surface area contributed by atoms with E-state index >= 15 is 0 Å². The Balaban J connectivity index is 2.12. The summed E-state index contributed by atoms with van der Waals surface area (Å²) in [4.78, 5) is 8.20. The van der Waals surface area contributed by atoms with E-state index in [-0.39, 0.29) is 11.8 Å². The topological polar surface area (TPSA) is 45.5 Å². The van der Waals surface area contributed by atoms with Crippen LogP contribution in [0.3, 0.4) is 0 Å². The van der Waals surface area contributed by atoms with Crippen molar-refractivity contribution in [1.82, 2.24) is 4.98 Å². The van der Waals surface area contributed by atoms with Crippen LogP contribution in [-0.2, 0) is 0 Å². The summed E-state index contributed by atoms with van der Waals surface area (Å²) in [6.07, 6.45) is 3.02. The number of hydrogen-bond acceptors (Lipinski definition) is 4. The molecule has 1 atom stereocenters. The Labute approximate surface area is 92.6 Å². The highest BCUT2D eigenvalue weighted by Crippen LogP contribution is 2.16. The molecule has 1 aliphatic rings. The second-order valence-corrected chi connectivity index (χ2v) is 4.39. The molecule has 76 valence electrons. The van der Waals surface area contributed by atoms with Gasteiger partial charge in [0.25, 0.3) is 0 Å². The first-order valence-corrected chi connectivity index (χ1v) is 5.55. The molecule has 4 heteroatoms. The Morgan fingerprint density at radius 1 is 1.53 bits per heavy atom. The Morgan fingerprint density at radius 2 is 2.40 bits per heavy atom. The van der Waals surface area contributed by atoms with E-state index in [1.54, 1.807) is 24.0 Å². The third-order valence-electron chi connectivity index (χ3n) is 1.89. The zero-order valence-electron chi connectivity index (χ0n) is 8.27. The SMILES string of the molecule is CC1=NC(C#Cc2cncc(O)c2)CS1. The van der Waals surface area contributed by atoms with Gasteiger partial charge < -0.3 is 5.11 Å². The fourth-order valence-electron chi connectivity index (χ4n) is 1.23. The first kappa shape index (κ1) is 10.1. The van der Waals surface area contributed by atoms with Crippen molar-refractivity contribution in [3.8, 4) is 17.6 Å². The van der Waals surface area contributed by atoms with Gasteiger partial charge in [-0.25, -0.2) is 0 Å². The van der Waals surface area contributed by atoms with Crippen LogP contribution in [0.25, 0.3) is 0 Å². The van der Waals surface area contributed by atoms with Crippen LogP contribution in [0.1, 0.15) is 12.5 Å². The summed E-state index contributed by atoms with van der Waals surface area (Å²) in [5.74, 6) is 7.06. The first-order chi connectivity index (χ1) is 7.24. The molecule has 0 aliphatic carbocycles. The van der Waals surface area contributed by atoms with Gasteiger partial charge in [-0.2, -0.15) is 0 Å². The van der Waals surface area contributed by atoms with Crippen LogP contribution in [0, 0.1) is 11.8 Å². The largest absolute Gasteiger partial charge is 0.506 e. The van der Waals surface area contributed by atoms with Crippen LogP contribution in [-0.4, -0.2) is 26.9 Å². The second-order valence-electron chi connectivity index (χ2n) is 3.18. The lowest BCUT2D eigenvalue weighted by Gasteiger charge is -1.93. The van der Waals surface area contributed by atoms with Crippen LogP contribution in [0.2, 0.25) is 0 Å². The predicted octanol–water partition coefficient (Wildman–Crippen LogP) is 1.67. The molecule has 0 saturated carbocycles. The van der Waals surface area contributed by atoms with Gasteiger partial charge in [-0.1, -0.05) is 11.8 Å². The molecule has 1 unspecified atom stereocenters. The highest BCUT2D eigenvalue weighted by molar-refractivity contribution is 8.14. The van der Waals surface area contributed by atoms with Gasteiger partial charge in [0.05, 0.1) is 11.2 Å². The van der Waals surface area contributed by atoms with E-state index in [0.29, 0.717) is 0 Å². The van der Waals surface area contributed by atoms with Crippen LogP contribution in [0.5, 0.6) is 5.75 Å². The highest BCUT2D eigenvalue weighted by atomic mass is 32.2. The molecule has 0 bridgehead atoms. The Morgan fingerprint density at radius 3 is 3.07 bits per heavy atom. The first-order valence-electron chi connectivity index (χ1n) is 4.57. The maximum Gasteiger partial charge on any atom is 0.135 e. The van der Waals surface area contributed by atoms with Crippen molar-refractivity contribution in [3.63, 3.8) is 0 Å². The van der Waals surface area contributed by atoms with Crippen molar-refractivity contribution in [3.05, 3.63) is 24.0 Å². The van der Waals surface area contributed by atoms with E-state index in [9.17, 15) is 5.11 Å². The van der Waals surface area contributed by atoms with Gasteiger partial charge in [-0.3, -0.25) is 9.98 Å². The number of aromatic nitrogens is 1. The van der Waals surface area contributed by atoms with Crippen molar-refractivity contribution in [2.75, 3.05) is 5.75 Å². The maximum atomic E-state index is 9.19. The number of rotatable bonds is 0. The average molecular weight is 218 g/mol. The smallest absolute Gasteiger partial charge is 0.135 e. The van der Waals surface area contributed by atoms with Crippen molar-refractivity contribution < 1.29 is 5.11 Å². The number of nitrogens with zero attached hydrogens (tertiary/aromatic N) is 2. The van der Waals surface area contributed by atoms with Crippen molar-refractivity contribution >= 4 is 16.8 Å². The van der Waals surface area contributed by atoms with E-state index < -0.39 is 0 Å². The second kappa shape index (κ2) is 4.37. The van der Waals surface area contributed by atoms with E-state index in [1.165, 1.54) is 6.20 Å². The van der Waals surface area contributed by atoms with E-state index in [1.807, 2.05) is 6.92 Å². The fraction of sp³-hybridized carbons (Fsp3) is 0.273. The van der Waals surface area contributed by atoms with Crippen LogP contribution in [0.15, 0.2) is 23.5 Å². The molecule has 1 aliphatic heterocycles. The minimum atomic E-state index is 0.0809. The summed E-state index contributed by atoms with van der Waals surface area (Å²) in [7, 11) is 0. The number of aliphatic imine (C=N–C) groups is 1. The lowest BCUT2D eigenvalue weighted by molar-refractivity contribution is 0.472. The minimum Gasteiger partial charge on any atom is -0.506 e. The molecule has 0 spiro atoms. The zero-order valence-corrected chi connectivity index (χ0v) is 9.08. The maximum absolute atomic E-state index is 9.19. The lowest BCUT2D eigenvalue weighted by atomic mass is 10.2. The summed E-state index contributed by atoms with van der Waals surface area (Å²) in [6, 6.07) is 1.68. The van der Waals surface area contributed by atoms with Crippen LogP contribution >= 0.6 is 11.8 Å². The van der Waals surface area contributed by atoms with Crippen LogP contribution in [0.4, 0.5) is 0 Å². The van der Waals surface area contributed by atoms with Gasteiger partial charge in [-0.05, 0) is 13.0 Å². The summed E-state index contributed by atoms with van der Waals surface area (Å²) >= 11 is 1.73. The summed E-state index contributed by atoms with van der Waals surface area (Å²) in [5.41, 5.74) is 0.722. The standard InChI is InChI=1S/C11H10N2OS/c1-8-13-10(7-15-8)3-2-9-4-11(14)6-12-5-9/h4-6,10,14H,7H2,1H3. The monoisotopic (exact) mass is 218 g/mol. The van der Waals surface area contributed by atoms with Gasteiger partial charge >= 0.3 is 0 Å². The Hall–Kier alpha value is -1.47. The normalized spacial score (nSPS) is 19.3. The quantitative estimate of drug-likeness (QED) is 0.674. The molecule has 0 amide bonds. The average Bonchev–Trinajstić information content (AvgIpc) is 2.62. The molecule has 3 nitrogen and oxygen atoms in total. The molecule has 1 aromatic rings. The highest BCUT2D eigenvalue weighted by Gasteiger charge is 2.11. The van der Waals surface area contributed by atoms with Crippen molar-refractivity contribution in [2.45, 2.75) is 13.0 Å². The third-order valence-corrected chi connectivity index (χ3v) is 2.90. The van der Waals surface area contributed by atoms with Gasteiger partial charge in [0.1, 0.15) is 11.8 Å². The summed E-state index contributed by atoms with van der Waals surface area (Å²) in [6.45, 7) is 1.99. The van der Waals surface area contributed by atoms with E-state index in [2.05, 4.69) is 21.8 Å². The summed E-state index contributed by atoms with van der Waals surface area (Å²) in [5, 5.41) is 10.3. The van der Waals surface area contributed by atoms with Crippen LogP contribution < -0.4 is 0 Å². The molecule has 15 heavy (non-hydrogen) atoms. The number of aromatic hydroxyl groups is 1.